The van der Waals surface area contributed by atoms with Gasteiger partial charge in [0.2, 0.25) is 5.91 Å². The van der Waals surface area contributed by atoms with Crippen LogP contribution in [-0.4, -0.2) is 12.0 Å². The number of carbonyl (C=O) groups excluding carboxylic acids is 1. The van der Waals surface area contributed by atoms with Gasteiger partial charge in [0.05, 0.1) is 11.5 Å². The molecule has 116 valence electrons. The molecule has 0 saturated carbocycles. The summed E-state index contributed by atoms with van der Waals surface area (Å²) < 4.78 is 5.60. The summed E-state index contributed by atoms with van der Waals surface area (Å²) in [6, 6.07) is 17.2. The van der Waals surface area contributed by atoms with Crippen LogP contribution >= 0.6 is 0 Å². The largest absolute Gasteiger partial charge is 0.491 e. The Bertz CT molecular complexity index is 616. The van der Waals surface area contributed by atoms with Crippen molar-refractivity contribution in [2.24, 2.45) is 0 Å². The number of anilines is 1. The van der Waals surface area contributed by atoms with Gasteiger partial charge in [-0.1, -0.05) is 30.3 Å². The minimum absolute atomic E-state index is 0.0313. The van der Waals surface area contributed by atoms with E-state index in [-0.39, 0.29) is 12.0 Å². The van der Waals surface area contributed by atoms with Gasteiger partial charge in [-0.3, -0.25) is 4.79 Å². The normalized spacial score (nSPS) is 11.3. The van der Waals surface area contributed by atoms with E-state index in [9.17, 15) is 4.79 Å². The van der Waals surface area contributed by atoms with Gasteiger partial charge in [0.1, 0.15) is 5.75 Å². The summed E-state index contributed by atoms with van der Waals surface area (Å²) in [7, 11) is 0. The van der Waals surface area contributed by atoms with Crippen molar-refractivity contribution in [2.45, 2.75) is 39.2 Å². The summed E-state index contributed by atoms with van der Waals surface area (Å²) in [5.41, 5.74) is 1.17. The van der Waals surface area contributed by atoms with Crippen LogP contribution in [0.3, 0.4) is 0 Å². The third kappa shape index (κ3) is 3.88. The van der Waals surface area contributed by atoms with E-state index in [1.54, 1.807) is 0 Å². The zero-order chi connectivity index (χ0) is 16.2. The molecule has 1 amide bonds. The number of amides is 1. The van der Waals surface area contributed by atoms with E-state index in [0.29, 0.717) is 0 Å². The SMILES string of the molecule is CC(C)Oc1ccc(NC(=O)C(C)(C)c2ccccc2)cc1. The first kappa shape index (κ1) is 16.1. The van der Waals surface area contributed by atoms with E-state index < -0.39 is 5.41 Å². The first-order chi connectivity index (χ1) is 10.4. The number of benzene rings is 2. The van der Waals surface area contributed by atoms with E-state index in [2.05, 4.69) is 5.32 Å². The quantitative estimate of drug-likeness (QED) is 0.889. The summed E-state index contributed by atoms with van der Waals surface area (Å²) >= 11 is 0. The van der Waals surface area contributed by atoms with Crippen LogP contribution in [-0.2, 0) is 10.2 Å². The molecular weight excluding hydrogens is 274 g/mol. The maximum atomic E-state index is 12.6. The first-order valence-electron chi connectivity index (χ1n) is 7.53. The van der Waals surface area contributed by atoms with Gasteiger partial charge in [0.25, 0.3) is 0 Å². The van der Waals surface area contributed by atoms with Gasteiger partial charge in [0, 0.05) is 5.69 Å². The monoisotopic (exact) mass is 297 g/mol. The Morgan fingerprint density at radius 1 is 1.00 bits per heavy atom. The Hall–Kier alpha value is -2.29. The van der Waals surface area contributed by atoms with E-state index in [1.165, 1.54) is 0 Å². The number of hydrogen-bond acceptors (Lipinski definition) is 2. The number of rotatable bonds is 5. The lowest BCUT2D eigenvalue weighted by atomic mass is 9.83. The van der Waals surface area contributed by atoms with Crippen molar-refractivity contribution in [3.8, 4) is 5.75 Å². The highest BCUT2D eigenvalue weighted by Gasteiger charge is 2.29. The topological polar surface area (TPSA) is 38.3 Å². The number of carbonyl (C=O) groups is 1. The fourth-order valence-electron chi connectivity index (χ4n) is 2.16. The molecule has 1 N–H and O–H groups in total. The fraction of sp³-hybridized carbons (Fsp3) is 0.316. The first-order valence-corrected chi connectivity index (χ1v) is 7.53. The van der Waals surface area contributed by atoms with E-state index in [4.69, 9.17) is 4.74 Å². The molecule has 0 aromatic heterocycles. The summed E-state index contributed by atoms with van der Waals surface area (Å²) in [6.07, 6.45) is 0.137. The molecule has 0 spiro atoms. The lowest BCUT2D eigenvalue weighted by molar-refractivity contribution is -0.120. The fourth-order valence-corrected chi connectivity index (χ4v) is 2.16. The molecule has 2 aromatic rings. The van der Waals surface area contributed by atoms with Crippen molar-refractivity contribution in [2.75, 3.05) is 5.32 Å². The lowest BCUT2D eigenvalue weighted by Gasteiger charge is -2.24. The summed E-state index contributed by atoms with van der Waals surface area (Å²) in [4.78, 5) is 12.6. The maximum absolute atomic E-state index is 12.6. The minimum atomic E-state index is -0.589. The molecule has 0 saturated heterocycles. The predicted molar refractivity (Wildman–Crippen MR) is 90.3 cm³/mol. The second-order valence-corrected chi connectivity index (χ2v) is 6.14. The molecule has 0 bridgehead atoms. The molecule has 22 heavy (non-hydrogen) atoms. The van der Waals surface area contributed by atoms with Crippen LogP contribution in [0.5, 0.6) is 5.75 Å². The second-order valence-electron chi connectivity index (χ2n) is 6.14. The van der Waals surface area contributed by atoms with Crippen molar-refractivity contribution in [3.63, 3.8) is 0 Å². The van der Waals surface area contributed by atoms with Crippen molar-refractivity contribution in [3.05, 3.63) is 60.2 Å². The smallest absolute Gasteiger partial charge is 0.234 e. The zero-order valence-corrected chi connectivity index (χ0v) is 13.6. The third-order valence-electron chi connectivity index (χ3n) is 3.55. The molecule has 3 heteroatoms. The van der Waals surface area contributed by atoms with Crippen LogP contribution in [0, 0.1) is 0 Å². The Balaban J connectivity index is 2.08. The van der Waals surface area contributed by atoms with Gasteiger partial charge in [-0.05, 0) is 57.5 Å². The highest BCUT2D eigenvalue weighted by Crippen LogP contribution is 2.25. The molecule has 2 aromatic carbocycles. The van der Waals surface area contributed by atoms with Gasteiger partial charge < -0.3 is 10.1 Å². The summed E-state index contributed by atoms with van der Waals surface area (Å²) in [5.74, 6) is 0.770. The zero-order valence-electron chi connectivity index (χ0n) is 13.6. The summed E-state index contributed by atoms with van der Waals surface area (Å²) in [6.45, 7) is 7.82. The number of hydrogen-bond donors (Lipinski definition) is 1. The van der Waals surface area contributed by atoms with Gasteiger partial charge in [0.15, 0.2) is 0 Å². The van der Waals surface area contributed by atoms with Crippen LogP contribution in [0.1, 0.15) is 33.3 Å². The highest BCUT2D eigenvalue weighted by atomic mass is 16.5. The van der Waals surface area contributed by atoms with Crippen molar-refractivity contribution in [1.29, 1.82) is 0 Å². The molecule has 0 aliphatic heterocycles. The average Bonchev–Trinajstić information content (AvgIpc) is 2.49. The molecule has 0 atom stereocenters. The van der Waals surface area contributed by atoms with E-state index in [0.717, 1.165) is 17.0 Å². The molecule has 0 aliphatic rings. The van der Waals surface area contributed by atoms with E-state index >= 15 is 0 Å². The van der Waals surface area contributed by atoms with Crippen LogP contribution in [0.25, 0.3) is 0 Å². The molecule has 0 aliphatic carbocycles. The third-order valence-corrected chi connectivity index (χ3v) is 3.55. The van der Waals surface area contributed by atoms with Gasteiger partial charge in [-0.25, -0.2) is 0 Å². The molecule has 0 radical (unpaired) electrons. The second kappa shape index (κ2) is 6.65. The lowest BCUT2D eigenvalue weighted by Crippen LogP contribution is -2.34. The molecule has 0 heterocycles. The average molecular weight is 297 g/mol. The molecule has 2 rings (SSSR count). The van der Waals surface area contributed by atoms with Crippen LogP contribution in [0.15, 0.2) is 54.6 Å². The van der Waals surface area contributed by atoms with Crippen molar-refractivity contribution in [1.82, 2.24) is 0 Å². The van der Waals surface area contributed by atoms with E-state index in [1.807, 2.05) is 82.3 Å². The Morgan fingerprint density at radius 3 is 2.14 bits per heavy atom. The standard InChI is InChI=1S/C19H23NO2/c1-14(2)22-17-12-10-16(11-13-17)20-18(21)19(3,4)15-8-6-5-7-9-15/h5-14H,1-4H3,(H,20,21). The minimum Gasteiger partial charge on any atom is -0.491 e. The maximum Gasteiger partial charge on any atom is 0.234 e. The molecule has 0 fully saturated rings. The van der Waals surface area contributed by atoms with Gasteiger partial charge >= 0.3 is 0 Å². The number of nitrogens with one attached hydrogen (secondary N) is 1. The Morgan fingerprint density at radius 2 is 1.59 bits per heavy atom. The highest BCUT2D eigenvalue weighted by molar-refractivity contribution is 5.98. The van der Waals surface area contributed by atoms with Crippen LogP contribution in [0.4, 0.5) is 5.69 Å². The Kier molecular flexibility index (Phi) is 4.86. The molecule has 3 nitrogen and oxygen atoms in total. The van der Waals surface area contributed by atoms with Gasteiger partial charge in [-0.15, -0.1) is 0 Å². The summed E-state index contributed by atoms with van der Waals surface area (Å²) in [5, 5.41) is 2.97. The molecular formula is C19H23NO2. The predicted octanol–water partition coefficient (Wildman–Crippen LogP) is 4.39. The number of ether oxygens (including phenoxy) is 1. The molecule has 0 unspecified atom stereocenters. The van der Waals surface area contributed by atoms with Crippen LogP contribution < -0.4 is 10.1 Å². The Labute approximate surface area is 132 Å². The van der Waals surface area contributed by atoms with Crippen LogP contribution in [0.2, 0.25) is 0 Å². The van der Waals surface area contributed by atoms with Crippen molar-refractivity contribution < 1.29 is 9.53 Å². The van der Waals surface area contributed by atoms with Crippen molar-refractivity contribution >= 4 is 11.6 Å². The van der Waals surface area contributed by atoms with Gasteiger partial charge in [-0.2, -0.15) is 0 Å².